The summed E-state index contributed by atoms with van der Waals surface area (Å²) in [6, 6.07) is 8.87. The lowest BCUT2D eigenvalue weighted by Crippen LogP contribution is -2.46. The number of methoxy groups -OCH3 is 1. The van der Waals surface area contributed by atoms with Crippen LogP contribution in [0.15, 0.2) is 29.3 Å². The summed E-state index contributed by atoms with van der Waals surface area (Å²) < 4.78 is 16.7. The SMILES string of the molecule is CN=C(NCc1cccc(CN2CCOC(C)C2)c1)N1CCC(OCCCOC)CC1. The number of piperidine rings is 1. The van der Waals surface area contributed by atoms with E-state index in [0.29, 0.717) is 12.2 Å². The zero-order valence-corrected chi connectivity index (χ0v) is 19.5. The number of morpholine rings is 1. The fourth-order valence-electron chi connectivity index (χ4n) is 4.33. The summed E-state index contributed by atoms with van der Waals surface area (Å²) in [5, 5.41) is 3.55. The van der Waals surface area contributed by atoms with Crippen molar-refractivity contribution in [3.05, 3.63) is 35.4 Å². The van der Waals surface area contributed by atoms with Crippen LogP contribution in [0.4, 0.5) is 0 Å². The number of hydrogen-bond donors (Lipinski definition) is 1. The van der Waals surface area contributed by atoms with Crippen LogP contribution >= 0.6 is 0 Å². The molecule has 0 saturated carbocycles. The Morgan fingerprint density at radius 3 is 2.74 bits per heavy atom. The van der Waals surface area contributed by atoms with E-state index in [1.807, 2.05) is 7.05 Å². The summed E-state index contributed by atoms with van der Waals surface area (Å²) in [5.41, 5.74) is 2.64. The van der Waals surface area contributed by atoms with Gasteiger partial charge in [0.15, 0.2) is 5.96 Å². The molecule has 2 aliphatic heterocycles. The maximum atomic E-state index is 5.98. The predicted octanol–water partition coefficient (Wildman–Crippen LogP) is 2.50. The van der Waals surface area contributed by atoms with Gasteiger partial charge in [-0.05, 0) is 37.3 Å². The molecule has 0 bridgehead atoms. The molecule has 7 heteroatoms. The van der Waals surface area contributed by atoms with E-state index in [1.165, 1.54) is 11.1 Å². The molecule has 7 nitrogen and oxygen atoms in total. The quantitative estimate of drug-likeness (QED) is 0.368. The maximum absolute atomic E-state index is 5.98. The van der Waals surface area contributed by atoms with E-state index in [-0.39, 0.29) is 0 Å². The highest BCUT2D eigenvalue weighted by atomic mass is 16.5. The van der Waals surface area contributed by atoms with E-state index in [9.17, 15) is 0 Å². The monoisotopic (exact) mass is 432 g/mol. The summed E-state index contributed by atoms with van der Waals surface area (Å²) in [7, 11) is 3.60. The average Bonchev–Trinajstić information content (AvgIpc) is 2.78. The van der Waals surface area contributed by atoms with Crippen molar-refractivity contribution in [3.8, 4) is 0 Å². The van der Waals surface area contributed by atoms with Gasteiger partial charge in [-0.2, -0.15) is 0 Å². The van der Waals surface area contributed by atoms with Crippen molar-refractivity contribution in [2.24, 2.45) is 4.99 Å². The summed E-state index contributed by atoms with van der Waals surface area (Å²) in [6.07, 6.45) is 3.72. The Morgan fingerprint density at radius 1 is 1.19 bits per heavy atom. The van der Waals surface area contributed by atoms with Gasteiger partial charge in [-0.15, -0.1) is 0 Å². The molecular formula is C24H40N4O3. The summed E-state index contributed by atoms with van der Waals surface area (Å²) in [6.45, 7) is 10.2. The Bertz CT molecular complexity index is 677. The van der Waals surface area contributed by atoms with Gasteiger partial charge in [0.25, 0.3) is 0 Å². The number of hydrogen-bond acceptors (Lipinski definition) is 5. The Hall–Kier alpha value is -1.67. The highest BCUT2D eigenvalue weighted by Crippen LogP contribution is 2.15. The van der Waals surface area contributed by atoms with Crippen molar-refractivity contribution >= 4 is 5.96 Å². The molecule has 174 valence electrons. The smallest absolute Gasteiger partial charge is 0.193 e. The minimum absolute atomic E-state index is 0.321. The Balaban J connectivity index is 1.42. The van der Waals surface area contributed by atoms with E-state index in [1.54, 1.807) is 7.11 Å². The van der Waals surface area contributed by atoms with Gasteiger partial charge in [-0.25, -0.2) is 0 Å². The molecule has 0 radical (unpaired) electrons. The van der Waals surface area contributed by atoms with E-state index < -0.39 is 0 Å². The summed E-state index contributed by atoms with van der Waals surface area (Å²) in [5.74, 6) is 0.977. The van der Waals surface area contributed by atoms with Gasteiger partial charge in [0.1, 0.15) is 0 Å². The Morgan fingerprint density at radius 2 is 2.00 bits per heavy atom. The third-order valence-electron chi connectivity index (χ3n) is 5.97. The fraction of sp³-hybridized carbons (Fsp3) is 0.708. The molecule has 0 amide bonds. The first-order chi connectivity index (χ1) is 15.2. The number of guanidine groups is 1. The number of likely N-dealkylation sites (tertiary alicyclic amines) is 1. The average molecular weight is 433 g/mol. The zero-order chi connectivity index (χ0) is 21.9. The number of aliphatic imine (C=N–C) groups is 1. The molecule has 3 rings (SSSR count). The predicted molar refractivity (Wildman–Crippen MR) is 124 cm³/mol. The Labute approximate surface area is 187 Å². The molecule has 2 aliphatic rings. The summed E-state index contributed by atoms with van der Waals surface area (Å²) in [4.78, 5) is 9.33. The van der Waals surface area contributed by atoms with E-state index in [2.05, 4.69) is 51.3 Å². The first kappa shape index (κ1) is 24.0. The van der Waals surface area contributed by atoms with E-state index >= 15 is 0 Å². The van der Waals surface area contributed by atoms with Crippen LogP contribution < -0.4 is 5.32 Å². The number of benzene rings is 1. The molecule has 0 aromatic heterocycles. The van der Waals surface area contributed by atoms with Gasteiger partial charge in [0, 0.05) is 66.6 Å². The second kappa shape index (κ2) is 13.0. The summed E-state index contributed by atoms with van der Waals surface area (Å²) >= 11 is 0. The molecule has 2 fully saturated rings. The molecule has 2 saturated heterocycles. The molecule has 1 aromatic rings. The minimum Gasteiger partial charge on any atom is -0.385 e. The van der Waals surface area contributed by atoms with Crippen molar-refractivity contribution in [3.63, 3.8) is 0 Å². The molecular weight excluding hydrogens is 392 g/mol. The van der Waals surface area contributed by atoms with Gasteiger partial charge < -0.3 is 24.4 Å². The van der Waals surface area contributed by atoms with Crippen LogP contribution in [-0.4, -0.2) is 88.1 Å². The fourth-order valence-corrected chi connectivity index (χ4v) is 4.33. The number of ether oxygens (including phenoxy) is 3. The van der Waals surface area contributed by atoms with Crippen LogP contribution in [0.2, 0.25) is 0 Å². The third kappa shape index (κ3) is 8.07. The van der Waals surface area contributed by atoms with Gasteiger partial charge in [-0.3, -0.25) is 9.89 Å². The van der Waals surface area contributed by atoms with Gasteiger partial charge in [0.2, 0.25) is 0 Å². The van der Waals surface area contributed by atoms with Crippen molar-refractivity contribution < 1.29 is 14.2 Å². The lowest BCUT2D eigenvalue weighted by atomic mass is 10.1. The molecule has 1 aromatic carbocycles. The second-order valence-corrected chi connectivity index (χ2v) is 8.54. The highest BCUT2D eigenvalue weighted by molar-refractivity contribution is 5.79. The topological polar surface area (TPSA) is 58.6 Å². The normalized spacial score (nSPS) is 21.5. The molecule has 2 heterocycles. The van der Waals surface area contributed by atoms with Crippen molar-refractivity contribution in [2.75, 3.05) is 60.2 Å². The van der Waals surface area contributed by atoms with Crippen LogP contribution in [0.5, 0.6) is 0 Å². The van der Waals surface area contributed by atoms with Gasteiger partial charge >= 0.3 is 0 Å². The Kier molecular flexibility index (Phi) is 10.1. The van der Waals surface area contributed by atoms with Crippen LogP contribution in [0.25, 0.3) is 0 Å². The minimum atomic E-state index is 0.321. The van der Waals surface area contributed by atoms with Crippen LogP contribution in [-0.2, 0) is 27.3 Å². The number of nitrogens with one attached hydrogen (secondary N) is 1. The lowest BCUT2D eigenvalue weighted by molar-refractivity contribution is -0.0212. The van der Waals surface area contributed by atoms with E-state index in [4.69, 9.17) is 14.2 Å². The van der Waals surface area contributed by atoms with Crippen LogP contribution in [0.3, 0.4) is 0 Å². The highest BCUT2D eigenvalue weighted by Gasteiger charge is 2.22. The first-order valence-electron chi connectivity index (χ1n) is 11.7. The van der Waals surface area contributed by atoms with Crippen LogP contribution in [0, 0.1) is 0 Å². The second-order valence-electron chi connectivity index (χ2n) is 8.54. The zero-order valence-electron chi connectivity index (χ0n) is 19.5. The largest absolute Gasteiger partial charge is 0.385 e. The molecule has 1 unspecified atom stereocenters. The molecule has 1 atom stereocenters. The third-order valence-corrected chi connectivity index (χ3v) is 5.97. The van der Waals surface area contributed by atoms with Crippen molar-refractivity contribution in [1.29, 1.82) is 0 Å². The van der Waals surface area contributed by atoms with Crippen molar-refractivity contribution in [2.45, 2.75) is 51.5 Å². The standard InChI is InChI=1S/C24H40N4O3/c1-20-18-27(12-15-30-20)19-22-7-4-6-21(16-22)17-26-24(25-2)28-10-8-23(9-11-28)31-14-5-13-29-3/h4,6-7,16,20,23H,5,8-15,17-19H2,1-3H3,(H,25,26). The number of nitrogens with zero attached hydrogens (tertiary/aromatic N) is 3. The first-order valence-corrected chi connectivity index (χ1v) is 11.7. The van der Waals surface area contributed by atoms with E-state index in [0.717, 1.165) is 84.3 Å². The maximum Gasteiger partial charge on any atom is 0.193 e. The van der Waals surface area contributed by atoms with Gasteiger partial charge in [-0.1, -0.05) is 24.3 Å². The molecule has 0 spiro atoms. The molecule has 31 heavy (non-hydrogen) atoms. The molecule has 1 N–H and O–H groups in total. The van der Waals surface area contributed by atoms with Crippen molar-refractivity contribution in [1.82, 2.24) is 15.1 Å². The van der Waals surface area contributed by atoms with Crippen LogP contribution in [0.1, 0.15) is 37.3 Å². The lowest BCUT2D eigenvalue weighted by Gasteiger charge is -2.34. The number of rotatable bonds is 9. The van der Waals surface area contributed by atoms with Gasteiger partial charge in [0.05, 0.1) is 18.8 Å². The molecule has 0 aliphatic carbocycles.